The molecule has 0 saturated heterocycles. The van der Waals surface area contributed by atoms with Gasteiger partial charge in [0, 0.05) is 16.9 Å². The second kappa shape index (κ2) is 20.0. The third kappa shape index (κ3) is 8.77. The van der Waals surface area contributed by atoms with Crippen molar-refractivity contribution in [2.24, 2.45) is 0 Å². The first kappa shape index (κ1) is 45.1. The minimum Gasteiger partial charge on any atom is -0.310 e. The van der Waals surface area contributed by atoms with Gasteiger partial charge in [-0.25, -0.2) is 0 Å². The van der Waals surface area contributed by atoms with Gasteiger partial charge in [0.1, 0.15) is 0 Å². The molecule has 0 unspecified atom stereocenters. The van der Waals surface area contributed by atoms with E-state index in [0.29, 0.717) is 0 Å². The average Bonchev–Trinajstić information content (AvgIpc) is 3.50. The van der Waals surface area contributed by atoms with Crippen LogP contribution in [0.2, 0.25) is 0 Å². The zero-order chi connectivity index (χ0) is 49.9. The number of para-hydroxylation sites is 1. The van der Waals surface area contributed by atoms with Crippen molar-refractivity contribution in [3.05, 3.63) is 309 Å². The van der Waals surface area contributed by atoms with Gasteiger partial charge in [0.25, 0.3) is 0 Å². The van der Waals surface area contributed by atoms with Crippen LogP contribution in [-0.4, -0.2) is 0 Å². The lowest BCUT2D eigenvalue weighted by Gasteiger charge is -2.28. The molecule has 13 aromatic carbocycles. The van der Waals surface area contributed by atoms with E-state index in [0.717, 1.165) is 33.8 Å². The van der Waals surface area contributed by atoms with Crippen LogP contribution in [0.25, 0.3) is 111 Å². The first-order chi connectivity index (χ1) is 37.2. The van der Waals surface area contributed by atoms with E-state index in [4.69, 9.17) is 0 Å². The largest absolute Gasteiger partial charge is 0.310 e. The van der Waals surface area contributed by atoms with Crippen LogP contribution in [0.4, 0.5) is 17.1 Å². The molecule has 0 spiro atoms. The molecule has 0 saturated carbocycles. The summed E-state index contributed by atoms with van der Waals surface area (Å²) in [5, 5.41) is 4.94. The monoisotopic (exact) mass is 953 g/mol. The summed E-state index contributed by atoms with van der Waals surface area (Å²) in [6.07, 6.45) is 0. The minimum absolute atomic E-state index is 1.07. The second-order valence-electron chi connectivity index (χ2n) is 19.2. The van der Waals surface area contributed by atoms with Gasteiger partial charge in [-0.15, -0.1) is 0 Å². The number of benzene rings is 13. The number of anilines is 3. The lowest BCUT2D eigenvalue weighted by atomic mass is 9.84. The highest BCUT2D eigenvalue weighted by Crippen LogP contribution is 2.48. The van der Waals surface area contributed by atoms with Crippen LogP contribution in [0, 0.1) is 0 Å². The Labute approximate surface area is 439 Å². The van der Waals surface area contributed by atoms with Crippen LogP contribution in [0.3, 0.4) is 0 Å². The SMILES string of the molecule is c1ccc(-c2ccc(-c3ccc(N(c4ccc(-c5ccc(-c6ccccc6)c(-c6ccccc6)c5)cc4)c4ccccc4-c4ccc5c(c4)c(-c4ccccc4)c(-c4ccccc4)c4ccccc45)cc3)cc2)cc1. The van der Waals surface area contributed by atoms with Crippen molar-refractivity contribution in [3.8, 4) is 89.0 Å². The van der Waals surface area contributed by atoms with E-state index < -0.39 is 0 Å². The molecule has 0 heterocycles. The van der Waals surface area contributed by atoms with Crippen molar-refractivity contribution in [3.63, 3.8) is 0 Å². The van der Waals surface area contributed by atoms with Crippen molar-refractivity contribution < 1.29 is 0 Å². The maximum atomic E-state index is 2.43. The highest BCUT2D eigenvalue weighted by molar-refractivity contribution is 6.22. The minimum atomic E-state index is 1.07. The molecule has 0 aliphatic carbocycles. The Morgan fingerprint density at radius 1 is 0.173 bits per heavy atom. The molecule has 0 aliphatic heterocycles. The molecule has 0 bridgehead atoms. The summed E-state index contributed by atoms with van der Waals surface area (Å²) < 4.78 is 0. The molecule has 0 aliphatic rings. The predicted octanol–water partition coefficient (Wildman–Crippen LogP) is 20.8. The van der Waals surface area contributed by atoms with E-state index in [2.05, 4.69) is 314 Å². The van der Waals surface area contributed by atoms with E-state index in [-0.39, 0.29) is 0 Å². The summed E-state index contributed by atoms with van der Waals surface area (Å²) in [6.45, 7) is 0. The Hall–Kier alpha value is -9.82. The molecule has 1 nitrogen and oxygen atoms in total. The Morgan fingerprint density at radius 2 is 0.533 bits per heavy atom. The molecule has 75 heavy (non-hydrogen) atoms. The first-order valence-corrected chi connectivity index (χ1v) is 25.8. The Balaban J connectivity index is 0.958. The molecule has 0 N–H and O–H groups in total. The molecular formula is C74H51N. The van der Waals surface area contributed by atoms with Gasteiger partial charge in [0.2, 0.25) is 0 Å². The second-order valence-corrected chi connectivity index (χ2v) is 19.2. The molecule has 0 radical (unpaired) electrons. The third-order valence-electron chi connectivity index (χ3n) is 14.7. The van der Waals surface area contributed by atoms with E-state index in [1.54, 1.807) is 0 Å². The van der Waals surface area contributed by atoms with Crippen molar-refractivity contribution in [2.45, 2.75) is 0 Å². The van der Waals surface area contributed by atoms with E-state index in [9.17, 15) is 0 Å². The summed E-state index contributed by atoms with van der Waals surface area (Å²) in [5.74, 6) is 0. The molecule has 0 atom stereocenters. The molecule has 0 fully saturated rings. The van der Waals surface area contributed by atoms with Gasteiger partial charge in [-0.3, -0.25) is 0 Å². The van der Waals surface area contributed by atoms with Crippen molar-refractivity contribution in [1.29, 1.82) is 0 Å². The quantitative estimate of drug-likeness (QED) is 0.117. The lowest BCUT2D eigenvalue weighted by Crippen LogP contribution is -2.11. The summed E-state index contributed by atoms with van der Waals surface area (Å²) in [6, 6.07) is 113. The van der Waals surface area contributed by atoms with Gasteiger partial charge in [-0.2, -0.15) is 0 Å². The van der Waals surface area contributed by atoms with Crippen LogP contribution >= 0.6 is 0 Å². The van der Waals surface area contributed by atoms with Gasteiger partial charge in [0.05, 0.1) is 5.69 Å². The Kier molecular flexibility index (Phi) is 12.0. The van der Waals surface area contributed by atoms with E-state index in [1.165, 1.54) is 93.9 Å². The highest BCUT2D eigenvalue weighted by atomic mass is 15.1. The third-order valence-corrected chi connectivity index (χ3v) is 14.7. The average molecular weight is 954 g/mol. The molecule has 13 aromatic rings. The van der Waals surface area contributed by atoms with Crippen LogP contribution in [0.15, 0.2) is 309 Å². The van der Waals surface area contributed by atoms with Gasteiger partial charge in [-0.05, 0) is 147 Å². The maximum absolute atomic E-state index is 2.43. The number of nitrogens with zero attached hydrogens (tertiary/aromatic N) is 1. The van der Waals surface area contributed by atoms with Crippen LogP contribution in [0.1, 0.15) is 0 Å². The normalized spacial score (nSPS) is 11.2. The standard InChI is InChI=1S/C74H51N/c1-6-20-52(21-7-1)53-34-36-54(37-35-53)55-38-44-63(45-39-55)75(64-46-40-56(41-47-64)61-42-48-65(57-22-8-2-9-23-57)70(50-61)58-24-10-3-11-25-58)72-33-19-18-30-66(72)62-43-49-68-67-31-16-17-32-69(67)73(59-26-12-4-13-27-59)74(71(68)51-62)60-28-14-5-15-29-60/h1-51H. The summed E-state index contributed by atoms with van der Waals surface area (Å²) in [5.41, 5.74) is 22.3. The van der Waals surface area contributed by atoms with Crippen LogP contribution in [0.5, 0.6) is 0 Å². The zero-order valence-electron chi connectivity index (χ0n) is 41.4. The van der Waals surface area contributed by atoms with Crippen molar-refractivity contribution in [1.82, 2.24) is 0 Å². The first-order valence-electron chi connectivity index (χ1n) is 25.8. The molecule has 1 heteroatoms. The maximum Gasteiger partial charge on any atom is 0.0540 e. The summed E-state index contributed by atoms with van der Waals surface area (Å²) in [7, 11) is 0. The lowest BCUT2D eigenvalue weighted by molar-refractivity contribution is 1.28. The van der Waals surface area contributed by atoms with Crippen LogP contribution in [-0.2, 0) is 0 Å². The van der Waals surface area contributed by atoms with Crippen molar-refractivity contribution >= 4 is 38.6 Å². The summed E-state index contributed by atoms with van der Waals surface area (Å²) >= 11 is 0. The number of hydrogen-bond donors (Lipinski definition) is 0. The molecule has 0 aromatic heterocycles. The van der Waals surface area contributed by atoms with Gasteiger partial charge in [0.15, 0.2) is 0 Å². The zero-order valence-corrected chi connectivity index (χ0v) is 41.4. The molecule has 352 valence electrons. The Bertz CT molecular complexity index is 4090. The van der Waals surface area contributed by atoms with Crippen molar-refractivity contribution in [2.75, 3.05) is 4.90 Å². The molecule has 13 rings (SSSR count). The van der Waals surface area contributed by atoms with E-state index >= 15 is 0 Å². The van der Waals surface area contributed by atoms with Gasteiger partial charge in [-0.1, -0.05) is 267 Å². The fourth-order valence-electron chi connectivity index (χ4n) is 11.0. The predicted molar refractivity (Wildman–Crippen MR) is 320 cm³/mol. The number of rotatable bonds is 11. The molecular weight excluding hydrogens is 903 g/mol. The Morgan fingerprint density at radius 3 is 1.08 bits per heavy atom. The van der Waals surface area contributed by atoms with E-state index in [1.807, 2.05) is 0 Å². The fourth-order valence-corrected chi connectivity index (χ4v) is 11.0. The number of hydrogen-bond acceptors (Lipinski definition) is 1. The smallest absolute Gasteiger partial charge is 0.0540 e. The van der Waals surface area contributed by atoms with Gasteiger partial charge >= 0.3 is 0 Å². The fraction of sp³-hybridized carbons (Fsp3) is 0. The molecule has 0 amide bonds. The summed E-state index contributed by atoms with van der Waals surface area (Å²) in [4.78, 5) is 2.42. The highest BCUT2D eigenvalue weighted by Gasteiger charge is 2.22. The topological polar surface area (TPSA) is 3.24 Å². The number of fused-ring (bicyclic) bond motifs is 3. The van der Waals surface area contributed by atoms with Gasteiger partial charge < -0.3 is 4.90 Å². The van der Waals surface area contributed by atoms with Crippen LogP contribution < -0.4 is 4.90 Å².